The van der Waals surface area contributed by atoms with Crippen LogP contribution in [0.15, 0.2) is 84.9 Å². The average molecular weight is 258 g/mol. The lowest BCUT2D eigenvalue weighted by Crippen LogP contribution is -2.28. The molecule has 0 spiro atoms. The maximum atomic E-state index is 2.23. The first-order chi connectivity index (χ1) is 9.43. The Hall–Kier alpha value is -2.12. The van der Waals surface area contributed by atoms with E-state index in [1.54, 1.807) is 0 Å². The highest BCUT2D eigenvalue weighted by Gasteiger charge is 2.05. The summed E-state index contributed by atoms with van der Waals surface area (Å²) in [6.07, 6.45) is 0. The van der Waals surface area contributed by atoms with Crippen molar-refractivity contribution in [2.24, 2.45) is 0 Å². The highest BCUT2D eigenvalue weighted by molar-refractivity contribution is 6.68. The molecule has 0 saturated carbocycles. The van der Waals surface area contributed by atoms with Gasteiger partial charge in [0.25, 0.3) is 0 Å². The average Bonchev–Trinajstić information content (AvgIpc) is 2.50. The second-order valence-electron chi connectivity index (χ2n) is 4.40. The van der Waals surface area contributed by atoms with Crippen molar-refractivity contribution < 1.29 is 0 Å². The first kappa shape index (κ1) is 11.9. The second-order valence-corrected chi connectivity index (χ2v) is 5.77. The summed E-state index contributed by atoms with van der Waals surface area (Å²) in [4.78, 5) is 0. The minimum absolute atomic E-state index is 0.701. The second kappa shape index (κ2) is 5.68. The van der Waals surface area contributed by atoms with E-state index < -0.39 is 0 Å². The largest absolute Gasteiger partial charge is 0.122 e. The van der Waals surface area contributed by atoms with Gasteiger partial charge in [-0.1, -0.05) is 95.3 Å². The van der Waals surface area contributed by atoms with E-state index in [1.807, 2.05) is 0 Å². The van der Waals surface area contributed by atoms with Crippen molar-refractivity contribution in [1.29, 1.82) is 0 Å². The van der Waals surface area contributed by atoms with E-state index >= 15 is 0 Å². The molecule has 90 valence electrons. The Labute approximate surface area is 116 Å². The van der Waals surface area contributed by atoms with Crippen molar-refractivity contribution in [2.45, 2.75) is 0 Å². The number of hydrogen-bond acceptors (Lipinski definition) is 0. The van der Waals surface area contributed by atoms with Gasteiger partial charge in [-0.2, -0.15) is 0 Å². The molecular weight excluding hydrogens is 244 g/mol. The lowest BCUT2D eigenvalue weighted by molar-refractivity contribution is 1.64. The fourth-order valence-corrected chi connectivity index (χ4v) is 3.35. The minimum Gasteiger partial charge on any atom is -0.0631 e. The molecule has 0 aliphatic rings. The third-order valence-corrected chi connectivity index (χ3v) is 4.39. The van der Waals surface area contributed by atoms with Crippen molar-refractivity contribution in [3.8, 4) is 11.1 Å². The smallest absolute Gasteiger partial charge is 0.0631 e. The van der Waals surface area contributed by atoms with Gasteiger partial charge in [0.2, 0.25) is 0 Å². The minimum atomic E-state index is 0.701. The van der Waals surface area contributed by atoms with Crippen LogP contribution >= 0.6 is 0 Å². The molecule has 3 rings (SSSR count). The van der Waals surface area contributed by atoms with Crippen LogP contribution in [-0.2, 0) is 0 Å². The molecule has 0 saturated heterocycles. The van der Waals surface area contributed by atoms with E-state index in [0.717, 1.165) is 0 Å². The van der Waals surface area contributed by atoms with E-state index in [2.05, 4.69) is 84.9 Å². The summed E-state index contributed by atoms with van der Waals surface area (Å²) in [5.74, 6) is 0. The van der Waals surface area contributed by atoms with Crippen LogP contribution in [0.1, 0.15) is 0 Å². The van der Waals surface area contributed by atoms with Gasteiger partial charge in [0.1, 0.15) is 9.52 Å². The van der Waals surface area contributed by atoms with Crippen molar-refractivity contribution in [3.63, 3.8) is 0 Å². The molecule has 1 heteroatoms. The van der Waals surface area contributed by atoms with Crippen LogP contribution in [0.3, 0.4) is 0 Å². The van der Waals surface area contributed by atoms with Crippen LogP contribution < -0.4 is 10.4 Å². The van der Waals surface area contributed by atoms with Crippen LogP contribution in [0.5, 0.6) is 0 Å². The zero-order valence-corrected chi connectivity index (χ0v) is 11.6. The Morgan fingerprint density at radius 3 is 1.84 bits per heavy atom. The fourth-order valence-electron chi connectivity index (χ4n) is 2.14. The molecule has 3 aromatic rings. The Kier molecular flexibility index (Phi) is 3.57. The maximum Gasteiger partial charge on any atom is 0.122 e. The SMILES string of the molecule is c1ccc([Si]c2ccccc2-c2ccccc2)cc1. The van der Waals surface area contributed by atoms with Gasteiger partial charge in [0, 0.05) is 0 Å². The van der Waals surface area contributed by atoms with Gasteiger partial charge >= 0.3 is 0 Å². The summed E-state index contributed by atoms with van der Waals surface area (Å²) < 4.78 is 0. The van der Waals surface area contributed by atoms with Gasteiger partial charge in [-0.15, -0.1) is 0 Å². The van der Waals surface area contributed by atoms with E-state index in [0.29, 0.717) is 9.52 Å². The third kappa shape index (κ3) is 2.83. The van der Waals surface area contributed by atoms with Gasteiger partial charge in [0.15, 0.2) is 0 Å². The van der Waals surface area contributed by atoms with Crippen LogP contribution in [0.4, 0.5) is 0 Å². The van der Waals surface area contributed by atoms with Crippen LogP contribution in [0, 0.1) is 0 Å². The highest BCUT2D eigenvalue weighted by atomic mass is 28.2. The molecule has 19 heavy (non-hydrogen) atoms. The molecule has 0 fully saturated rings. The summed E-state index contributed by atoms with van der Waals surface area (Å²) in [7, 11) is 0.701. The molecule has 0 unspecified atom stereocenters. The Bertz CT molecular complexity index is 645. The van der Waals surface area contributed by atoms with Crippen molar-refractivity contribution in [1.82, 2.24) is 0 Å². The summed E-state index contributed by atoms with van der Waals surface area (Å²) >= 11 is 0. The van der Waals surface area contributed by atoms with E-state index in [-0.39, 0.29) is 0 Å². The van der Waals surface area contributed by atoms with Crippen LogP contribution in [0.2, 0.25) is 0 Å². The first-order valence-corrected chi connectivity index (χ1v) is 7.40. The molecule has 0 aromatic heterocycles. The maximum absolute atomic E-state index is 2.23. The van der Waals surface area contributed by atoms with Gasteiger partial charge in [-0.3, -0.25) is 0 Å². The molecule has 2 radical (unpaired) electrons. The number of benzene rings is 3. The Balaban J connectivity index is 1.99. The van der Waals surface area contributed by atoms with Crippen molar-refractivity contribution in [3.05, 3.63) is 84.9 Å². The highest BCUT2D eigenvalue weighted by Crippen LogP contribution is 2.15. The first-order valence-electron chi connectivity index (χ1n) is 6.40. The van der Waals surface area contributed by atoms with E-state index in [1.165, 1.54) is 21.5 Å². The molecule has 3 aromatic carbocycles. The van der Waals surface area contributed by atoms with E-state index in [9.17, 15) is 0 Å². The van der Waals surface area contributed by atoms with Crippen LogP contribution in [-0.4, -0.2) is 9.52 Å². The summed E-state index contributed by atoms with van der Waals surface area (Å²) in [6, 6.07) is 29.9. The van der Waals surface area contributed by atoms with Gasteiger partial charge < -0.3 is 0 Å². The normalized spacial score (nSPS) is 10.3. The topological polar surface area (TPSA) is 0 Å². The summed E-state index contributed by atoms with van der Waals surface area (Å²) in [5.41, 5.74) is 2.63. The standard InChI is InChI=1S/C18H14Si/c1-3-9-15(10-4-1)17-13-7-8-14-18(17)19-16-11-5-2-6-12-16/h1-14H. The lowest BCUT2D eigenvalue weighted by atomic mass is 10.1. The third-order valence-electron chi connectivity index (χ3n) is 3.06. The zero-order chi connectivity index (χ0) is 12.9. The number of rotatable bonds is 3. The van der Waals surface area contributed by atoms with Crippen molar-refractivity contribution >= 4 is 19.9 Å². The van der Waals surface area contributed by atoms with Gasteiger partial charge in [-0.25, -0.2) is 0 Å². The predicted molar refractivity (Wildman–Crippen MR) is 83.3 cm³/mol. The summed E-state index contributed by atoms with van der Waals surface area (Å²) in [5, 5.41) is 2.78. The Morgan fingerprint density at radius 2 is 1.11 bits per heavy atom. The fraction of sp³-hybridized carbons (Fsp3) is 0. The van der Waals surface area contributed by atoms with E-state index in [4.69, 9.17) is 0 Å². The monoisotopic (exact) mass is 258 g/mol. The quantitative estimate of drug-likeness (QED) is 0.634. The summed E-state index contributed by atoms with van der Waals surface area (Å²) in [6.45, 7) is 0. The molecule has 0 heterocycles. The lowest BCUT2D eigenvalue weighted by Gasteiger charge is -2.09. The molecule has 0 atom stereocenters. The van der Waals surface area contributed by atoms with Gasteiger partial charge in [0.05, 0.1) is 0 Å². The molecular formula is C18H14Si. The van der Waals surface area contributed by atoms with Crippen LogP contribution in [0.25, 0.3) is 11.1 Å². The van der Waals surface area contributed by atoms with Gasteiger partial charge in [-0.05, 0) is 11.1 Å². The molecule has 0 N–H and O–H groups in total. The molecule has 0 aliphatic heterocycles. The zero-order valence-electron chi connectivity index (χ0n) is 10.6. The van der Waals surface area contributed by atoms with Crippen molar-refractivity contribution in [2.75, 3.05) is 0 Å². The molecule has 0 bridgehead atoms. The molecule has 0 aliphatic carbocycles. The predicted octanol–water partition coefficient (Wildman–Crippen LogP) is 3.01. The number of hydrogen-bond donors (Lipinski definition) is 0. The molecule has 0 amide bonds. The molecule has 0 nitrogen and oxygen atoms in total. The Morgan fingerprint density at radius 1 is 0.526 bits per heavy atom.